The fourth-order valence-electron chi connectivity index (χ4n) is 8.48. The molecule has 0 aromatic heterocycles. The van der Waals surface area contributed by atoms with Crippen molar-refractivity contribution in [3.63, 3.8) is 0 Å². The quantitative estimate of drug-likeness (QED) is 0.0807. The maximum atomic E-state index is 13.1. The van der Waals surface area contributed by atoms with Gasteiger partial charge in [0.05, 0.1) is 36.5 Å². The monoisotopic (exact) mass is 1550 g/mol. The van der Waals surface area contributed by atoms with Crippen LogP contribution in [0.15, 0.2) is 84.9 Å². The molecule has 0 saturated carbocycles. The normalized spacial score (nSPS) is 10.8. The summed E-state index contributed by atoms with van der Waals surface area (Å²) in [5, 5.41) is 34.7. The van der Waals surface area contributed by atoms with Crippen LogP contribution in [0.1, 0.15) is 117 Å². The first kappa shape index (κ1) is 94.8. The third-order valence-electron chi connectivity index (χ3n) is 15.4. The van der Waals surface area contributed by atoms with Crippen molar-refractivity contribution < 1.29 is 139 Å². The van der Waals surface area contributed by atoms with Crippen molar-refractivity contribution in [2.45, 2.75) is 142 Å². The minimum Gasteiger partial charge on any atom is -0.503 e. The maximum absolute atomic E-state index is 13.1. The molecule has 0 aliphatic carbocycles. The van der Waals surface area contributed by atoms with Crippen LogP contribution >= 0.6 is 0 Å². The second kappa shape index (κ2) is 40.5. The summed E-state index contributed by atoms with van der Waals surface area (Å²) in [7, 11) is 0. The molecule has 0 atom stereocenters. The first-order valence-corrected chi connectivity index (χ1v) is 30.2. The highest BCUT2D eigenvalue weighted by molar-refractivity contribution is 5.40. The molecule has 0 unspecified atom stereocenters. The molecular formula is C75H69F27O4. The fourth-order valence-corrected chi connectivity index (χ4v) is 8.48. The van der Waals surface area contributed by atoms with Crippen LogP contribution in [0.3, 0.4) is 0 Å². The minimum absolute atomic E-state index is 0.0427. The van der Waals surface area contributed by atoms with Gasteiger partial charge in [-0.15, -0.1) is 0 Å². The zero-order valence-electron chi connectivity index (χ0n) is 58.7. The Labute approximate surface area is 591 Å². The number of aromatic hydroxyl groups is 1. The van der Waals surface area contributed by atoms with Crippen LogP contribution in [0.5, 0.6) is 5.75 Å². The number of benzene rings is 9. The number of phenols is 1. The lowest BCUT2D eigenvalue weighted by Gasteiger charge is -2.09. The molecule has 4 N–H and O–H groups in total. The number of alkyl halides is 9. The highest BCUT2D eigenvalue weighted by Gasteiger charge is 2.33. The summed E-state index contributed by atoms with van der Waals surface area (Å²) in [4.78, 5) is 0. The second-order valence-electron chi connectivity index (χ2n) is 22.9. The number of hydrogen-bond donors (Lipinski definition) is 4. The van der Waals surface area contributed by atoms with Crippen LogP contribution in [-0.2, 0) is 38.3 Å². The first-order valence-electron chi connectivity index (χ1n) is 30.2. The van der Waals surface area contributed by atoms with Gasteiger partial charge in [-0.25, -0.2) is 74.6 Å². The number of aliphatic hydroxyl groups excluding tert-OH is 3. The van der Waals surface area contributed by atoms with Crippen LogP contribution < -0.4 is 0 Å². The Morgan fingerprint density at radius 1 is 0.255 bits per heavy atom. The SMILES string of the molecule is Cc1c(C)c(F)c(F)c(O)c1F.Cc1c(F)c(C)c(CO)c(F)c1F.Cc1c(F)c(C)c(CO)c(F)c1F.Cc1c(F)c(C)c(CO)c(F)c1F.Cc1c(F)c(C)c(F)c(F)c1F.Cc1cc(F)cc(F)c1C.Cc1ccc(C(F)(F)F)cc1.Cc1cccc(C(F)(F)F)c1.Cc1ccccc1C(F)(F)F. The lowest BCUT2D eigenvalue weighted by Crippen LogP contribution is -2.06. The summed E-state index contributed by atoms with van der Waals surface area (Å²) in [6, 6.07) is 18.0. The molecule has 0 spiro atoms. The summed E-state index contributed by atoms with van der Waals surface area (Å²) in [5.41, 5.74) is -2.19. The van der Waals surface area contributed by atoms with Crippen molar-refractivity contribution in [1.82, 2.24) is 0 Å². The molecule has 582 valence electrons. The van der Waals surface area contributed by atoms with Gasteiger partial charge >= 0.3 is 18.5 Å². The second-order valence-corrected chi connectivity index (χ2v) is 22.9. The predicted molar refractivity (Wildman–Crippen MR) is 343 cm³/mol. The molecule has 31 heteroatoms. The van der Waals surface area contributed by atoms with Gasteiger partial charge in [0.25, 0.3) is 0 Å². The summed E-state index contributed by atoms with van der Waals surface area (Å²) >= 11 is 0. The number of rotatable bonds is 3. The topological polar surface area (TPSA) is 80.9 Å². The molecule has 0 bridgehead atoms. The Morgan fingerprint density at radius 3 is 0.887 bits per heavy atom. The zero-order chi connectivity index (χ0) is 82.6. The van der Waals surface area contributed by atoms with Crippen molar-refractivity contribution >= 4 is 0 Å². The summed E-state index contributed by atoms with van der Waals surface area (Å²) in [6.07, 6.45) is -12.6. The highest BCUT2D eigenvalue weighted by atomic mass is 19.4. The van der Waals surface area contributed by atoms with E-state index in [1.54, 1.807) is 39.8 Å². The van der Waals surface area contributed by atoms with E-state index in [9.17, 15) is 119 Å². The van der Waals surface area contributed by atoms with E-state index in [-0.39, 0.29) is 66.8 Å². The van der Waals surface area contributed by atoms with Gasteiger partial charge in [0.1, 0.15) is 34.9 Å². The van der Waals surface area contributed by atoms with Crippen molar-refractivity contribution in [2.75, 3.05) is 0 Å². The van der Waals surface area contributed by atoms with Crippen molar-refractivity contribution in [3.05, 3.63) is 306 Å². The van der Waals surface area contributed by atoms with Crippen molar-refractivity contribution in [3.8, 4) is 5.75 Å². The average molecular weight is 1550 g/mol. The van der Waals surface area contributed by atoms with Gasteiger partial charge in [-0.3, -0.25) is 0 Å². The first-order chi connectivity index (χ1) is 48.6. The number of aryl methyl sites for hydroxylation is 4. The minimum atomic E-state index is -4.22. The molecule has 0 aliphatic rings. The fraction of sp³-hybridized carbons (Fsp3) is 0.280. The van der Waals surface area contributed by atoms with E-state index >= 15 is 0 Å². The zero-order valence-corrected chi connectivity index (χ0v) is 58.7. The van der Waals surface area contributed by atoms with E-state index in [2.05, 4.69) is 0 Å². The molecule has 0 saturated heterocycles. The van der Waals surface area contributed by atoms with E-state index in [1.165, 1.54) is 77.9 Å². The Balaban J connectivity index is 0.000000597. The number of aliphatic hydroxyl groups is 3. The molecule has 0 radical (unpaired) electrons. The molecule has 4 nitrogen and oxygen atoms in total. The van der Waals surface area contributed by atoms with Gasteiger partial charge in [-0.05, 0) is 179 Å². The molecule has 9 rings (SSSR count). The average Bonchev–Trinajstić information content (AvgIpc) is 0.812. The molecule has 0 fully saturated rings. The van der Waals surface area contributed by atoms with Crippen LogP contribution in [0, 0.1) is 209 Å². The van der Waals surface area contributed by atoms with Crippen LogP contribution in [0.4, 0.5) is 119 Å². The Bertz CT molecular complexity index is 3930. The largest absolute Gasteiger partial charge is 0.503 e. The molecule has 0 amide bonds. The Hall–Kier alpha value is -9.23. The smallest absolute Gasteiger partial charge is 0.416 e. The van der Waals surface area contributed by atoms with Crippen molar-refractivity contribution in [2.24, 2.45) is 0 Å². The standard InChI is InChI=1S/3C9H9F3O.C8H6F4.C8H7F3O.3C8H7F3.C8H8F2/c3*1-4-6(3-13)9(12)8(11)5(2)7(4)10;1-3-5(9)4(2)7(11)8(12)6(3)10;1-3-4(2)6(10)8(12)7(11)5(3)9;1-6-2-4-7(5-3-6)8(9,10)11;1-6-3-2-4-7(5-6)8(9,10)11;1-6-4-2-3-5-7(6)8(9,10)11;1-5-3-7(9)4-8(10)6(5)2/h3*13H,3H2,1-2H3;1-2H3;12H,1-2H3;3*2-5H,1H3;3-4H,1-2H3. The van der Waals surface area contributed by atoms with Gasteiger partial charge in [0.15, 0.2) is 69.7 Å². The van der Waals surface area contributed by atoms with Gasteiger partial charge in [0, 0.05) is 50.6 Å². The molecule has 9 aromatic rings. The van der Waals surface area contributed by atoms with Gasteiger partial charge in [-0.2, -0.15) is 43.9 Å². The molecular weight excluding hydrogens is 1480 g/mol. The molecule has 0 heterocycles. The van der Waals surface area contributed by atoms with E-state index < -0.39 is 177 Å². The number of halogens is 27. The lowest BCUT2D eigenvalue weighted by molar-refractivity contribution is -0.138. The van der Waals surface area contributed by atoms with E-state index in [4.69, 9.17) is 20.4 Å². The van der Waals surface area contributed by atoms with E-state index in [0.717, 1.165) is 76.6 Å². The number of phenolic OH excluding ortho intramolecular Hbond substituents is 1. The molecule has 9 aromatic carbocycles. The van der Waals surface area contributed by atoms with Crippen molar-refractivity contribution in [1.29, 1.82) is 0 Å². The molecule has 0 aliphatic heterocycles. The summed E-state index contributed by atoms with van der Waals surface area (Å²) < 4.78 is 338. The third kappa shape index (κ3) is 25.2. The third-order valence-corrected chi connectivity index (χ3v) is 15.4. The Morgan fingerprint density at radius 2 is 0.585 bits per heavy atom. The molecule has 106 heavy (non-hydrogen) atoms. The lowest BCUT2D eigenvalue weighted by atomic mass is 10.0. The summed E-state index contributed by atoms with van der Waals surface area (Å²) in [5.74, 6) is -21.3. The van der Waals surface area contributed by atoms with E-state index in [0.29, 0.717) is 16.7 Å². The number of hydrogen-bond acceptors (Lipinski definition) is 4. The van der Waals surface area contributed by atoms with Crippen LogP contribution in [0.25, 0.3) is 0 Å². The summed E-state index contributed by atoms with van der Waals surface area (Å²) in [6.45, 7) is 18.0. The maximum Gasteiger partial charge on any atom is 0.416 e. The van der Waals surface area contributed by atoms with Crippen LogP contribution in [-0.4, -0.2) is 20.4 Å². The van der Waals surface area contributed by atoms with Gasteiger partial charge in [-0.1, -0.05) is 59.7 Å². The van der Waals surface area contributed by atoms with Crippen LogP contribution in [0.2, 0.25) is 0 Å². The van der Waals surface area contributed by atoms with E-state index in [1.807, 2.05) is 0 Å². The predicted octanol–water partition coefficient (Wildman–Crippen LogP) is 23.5. The van der Waals surface area contributed by atoms with Gasteiger partial charge < -0.3 is 20.4 Å². The Kier molecular flexibility index (Phi) is 36.2. The van der Waals surface area contributed by atoms with Gasteiger partial charge in [0.2, 0.25) is 5.82 Å². The highest BCUT2D eigenvalue weighted by Crippen LogP contribution is 2.34.